The zero-order valence-electron chi connectivity index (χ0n) is 11.2. The van der Waals surface area contributed by atoms with Gasteiger partial charge in [0, 0.05) is 0 Å². The Labute approximate surface area is 111 Å². The van der Waals surface area contributed by atoms with Gasteiger partial charge in [-0.05, 0) is 36.8 Å². The Hall–Kier alpha value is -2.24. The molecule has 0 saturated carbocycles. The van der Waals surface area contributed by atoms with Crippen LogP contribution < -0.4 is 0 Å². The smallest absolute Gasteiger partial charge is 0.378 e. The van der Waals surface area contributed by atoms with E-state index in [1.807, 2.05) is 51.1 Å². The molecular formula is C13H16N4O2. The van der Waals surface area contributed by atoms with E-state index in [1.54, 1.807) is 0 Å². The summed E-state index contributed by atoms with van der Waals surface area (Å²) in [6.07, 6.45) is 0. The molecule has 0 bridgehead atoms. The number of nitrogens with zero attached hydrogens (tertiary/aromatic N) is 4. The van der Waals surface area contributed by atoms with E-state index in [4.69, 9.17) is 4.74 Å². The number of esters is 1. The molecule has 0 aliphatic rings. The van der Waals surface area contributed by atoms with Gasteiger partial charge in [-0.25, -0.2) is 9.48 Å². The molecule has 6 heteroatoms. The number of ether oxygens (including phenoxy) is 1. The molecule has 0 spiro atoms. The van der Waals surface area contributed by atoms with Crippen molar-refractivity contribution < 1.29 is 9.53 Å². The molecule has 1 heterocycles. The Morgan fingerprint density at radius 1 is 1.26 bits per heavy atom. The van der Waals surface area contributed by atoms with Gasteiger partial charge in [-0.1, -0.05) is 30.3 Å². The number of carbonyl (C=O) groups excluding carboxylic acids is 1. The molecule has 0 amide bonds. The highest BCUT2D eigenvalue weighted by molar-refractivity contribution is 5.85. The molecule has 0 aliphatic heterocycles. The number of benzene rings is 1. The van der Waals surface area contributed by atoms with E-state index >= 15 is 0 Å². The van der Waals surface area contributed by atoms with E-state index in [-0.39, 0.29) is 18.0 Å². The first-order valence-corrected chi connectivity index (χ1v) is 5.98. The van der Waals surface area contributed by atoms with Gasteiger partial charge >= 0.3 is 5.97 Å². The van der Waals surface area contributed by atoms with Gasteiger partial charge in [0.2, 0.25) is 0 Å². The second-order valence-electron chi connectivity index (χ2n) is 5.15. The van der Waals surface area contributed by atoms with Crippen molar-refractivity contribution in [3.8, 4) is 0 Å². The van der Waals surface area contributed by atoms with Crippen LogP contribution in [0.3, 0.4) is 0 Å². The molecule has 6 nitrogen and oxygen atoms in total. The largest absolute Gasteiger partial charge is 0.455 e. The Balaban J connectivity index is 2.07. The van der Waals surface area contributed by atoms with Gasteiger partial charge in [0.05, 0.1) is 5.54 Å². The lowest BCUT2D eigenvalue weighted by molar-refractivity contribution is 0.0442. The molecule has 0 saturated heterocycles. The predicted octanol–water partition coefficient (Wildman–Crippen LogP) is 1.79. The van der Waals surface area contributed by atoms with Crippen LogP contribution in [-0.4, -0.2) is 26.2 Å². The average molecular weight is 260 g/mol. The van der Waals surface area contributed by atoms with Crippen LogP contribution in [-0.2, 0) is 16.9 Å². The standard InChI is InChI=1S/C13H16N4O2/c1-13(2,3)17-11(14-15-16-17)12(18)19-9-10-7-5-4-6-8-10/h4-8H,9H2,1-3H3. The minimum Gasteiger partial charge on any atom is -0.455 e. The van der Waals surface area contributed by atoms with Crippen LogP contribution in [0.1, 0.15) is 37.0 Å². The van der Waals surface area contributed by atoms with Crippen LogP contribution in [0, 0.1) is 0 Å². The van der Waals surface area contributed by atoms with Crippen LogP contribution >= 0.6 is 0 Å². The van der Waals surface area contributed by atoms with Crippen LogP contribution in [0.5, 0.6) is 0 Å². The lowest BCUT2D eigenvalue weighted by atomic mass is 10.1. The van der Waals surface area contributed by atoms with Gasteiger partial charge in [-0.15, -0.1) is 5.10 Å². The van der Waals surface area contributed by atoms with E-state index in [0.717, 1.165) is 5.56 Å². The van der Waals surface area contributed by atoms with Crippen LogP contribution in [0.25, 0.3) is 0 Å². The van der Waals surface area contributed by atoms with Crippen molar-refractivity contribution in [1.82, 2.24) is 20.2 Å². The van der Waals surface area contributed by atoms with E-state index in [1.165, 1.54) is 4.68 Å². The van der Waals surface area contributed by atoms with Gasteiger partial charge in [-0.2, -0.15) is 0 Å². The van der Waals surface area contributed by atoms with Gasteiger partial charge < -0.3 is 4.74 Å². The van der Waals surface area contributed by atoms with Gasteiger partial charge in [0.15, 0.2) is 0 Å². The molecule has 0 unspecified atom stereocenters. The molecule has 0 N–H and O–H groups in total. The molecule has 2 rings (SSSR count). The maximum Gasteiger partial charge on any atom is 0.378 e. The van der Waals surface area contributed by atoms with Crippen molar-refractivity contribution in [1.29, 1.82) is 0 Å². The van der Waals surface area contributed by atoms with Crippen molar-refractivity contribution in [2.75, 3.05) is 0 Å². The lowest BCUT2D eigenvalue weighted by Crippen LogP contribution is -2.28. The summed E-state index contributed by atoms with van der Waals surface area (Å²) < 4.78 is 6.66. The first-order chi connectivity index (χ1) is 8.98. The van der Waals surface area contributed by atoms with Gasteiger partial charge in [0.1, 0.15) is 6.61 Å². The molecule has 1 aromatic carbocycles. The third kappa shape index (κ3) is 3.15. The zero-order chi connectivity index (χ0) is 13.9. The van der Waals surface area contributed by atoms with Crippen LogP contribution in [0.15, 0.2) is 30.3 Å². The van der Waals surface area contributed by atoms with E-state index in [0.29, 0.717) is 0 Å². The monoisotopic (exact) mass is 260 g/mol. The fourth-order valence-electron chi connectivity index (χ4n) is 1.55. The van der Waals surface area contributed by atoms with E-state index < -0.39 is 5.97 Å². The summed E-state index contributed by atoms with van der Waals surface area (Å²) in [6, 6.07) is 9.47. The van der Waals surface area contributed by atoms with Crippen molar-refractivity contribution in [3.05, 3.63) is 41.7 Å². The number of carbonyl (C=O) groups is 1. The summed E-state index contributed by atoms with van der Waals surface area (Å²) in [5, 5.41) is 11.1. The Morgan fingerprint density at radius 2 is 1.95 bits per heavy atom. The first-order valence-electron chi connectivity index (χ1n) is 5.98. The number of rotatable bonds is 3. The van der Waals surface area contributed by atoms with Crippen LogP contribution in [0.2, 0.25) is 0 Å². The molecule has 2 aromatic rings. The SMILES string of the molecule is CC(C)(C)n1nnnc1C(=O)OCc1ccccc1. The normalized spacial score (nSPS) is 11.3. The zero-order valence-corrected chi connectivity index (χ0v) is 11.2. The summed E-state index contributed by atoms with van der Waals surface area (Å²) in [5.74, 6) is -0.410. The topological polar surface area (TPSA) is 69.9 Å². The molecule has 0 atom stereocenters. The average Bonchev–Trinajstić information content (AvgIpc) is 2.86. The molecule has 0 aliphatic carbocycles. The van der Waals surface area contributed by atoms with Crippen molar-refractivity contribution in [2.24, 2.45) is 0 Å². The molecule has 1 aromatic heterocycles. The van der Waals surface area contributed by atoms with E-state index in [9.17, 15) is 4.79 Å². The highest BCUT2D eigenvalue weighted by Gasteiger charge is 2.25. The number of tetrazole rings is 1. The lowest BCUT2D eigenvalue weighted by Gasteiger charge is -2.19. The summed E-state index contributed by atoms with van der Waals surface area (Å²) in [6.45, 7) is 5.95. The highest BCUT2D eigenvalue weighted by Crippen LogP contribution is 2.14. The summed E-state index contributed by atoms with van der Waals surface area (Å²) >= 11 is 0. The minimum absolute atomic E-state index is 0.114. The van der Waals surface area contributed by atoms with Gasteiger partial charge in [-0.3, -0.25) is 0 Å². The molecule has 19 heavy (non-hydrogen) atoms. The first kappa shape index (κ1) is 13.2. The van der Waals surface area contributed by atoms with Crippen molar-refractivity contribution in [2.45, 2.75) is 32.9 Å². The quantitative estimate of drug-likeness (QED) is 0.787. The molecule has 100 valence electrons. The second-order valence-corrected chi connectivity index (χ2v) is 5.15. The molecule has 0 radical (unpaired) electrons. The third-order valence-corrected chi connectivity index (χ3v) is 2.50. The number of aromatic nitrogens is 4. The summed E-state index contributed by atoms with van der Waals surface area (Å²) in [5.41, 5.74) is 0.551. The Morgan fingerprint density at radius 3 is 2.58 bits per heavy atom. The van der Waals surface area contributed by atoms with Crippen molar-refractivity contribution in [3.63, 3.8) is 0 Å². The highest BCUT2D eigenvalue weighted by atomic mass is 16.5. The maximum atomic E-state index is 12.0. The molecular weight excluding hydrogens is 244 g/mol. The van der Waals surface area contributed by atoms with Gasteiger partial charge in [0.25, 0.3) is 5.82 Å². The third-order valence-electron chi connectivity index (χ3n) is 2.50. The van der Waals surface area contributed by atoms with Crippen LogP contribution in [0.4, 0.5) is 0 Å². The number of hydrogen-bond donors (Lipinski definition) is 0. The Kier molecular flexibility index (Phi) is 3.59. The minimum atomic E-state index is -0.524. The Bertz CT molecular complexity index is 558. The fourth-order valence-corrected chi connectivity index (χ4v) is 1.55. The summed E-state index contributed by atoms with van der Waals surface area (Å²) in [7, 11) is 0. The van der Waals surface area contributed by atoms with E-state index in [2.05, 4.69) is 15.5 Å². The fraction of sp³-hybridized carbons (Fsp3) is 0.385. The maximum absolute atomic E-state index is 12.0. The number of hydrogen-bond acceptors (Lipinski definition) is 5. The second kappa shape index (κ2) is 5.17. The van der Waals surface area contributed by atoms with Crippen molar-refractivity contribution >= 4 is 5.97 Å². The predicted molar refractivity (Wildman–Crippen MR) is 68.4 cm³/mol. The molecule has 0 fully saturated rings. The summed E-state index contributed by atoms with van der Waals surface area (Å²) in [4.78, 5) is 12.0.